The number of carbonyl (C=O) groups is 1. The molecule has 0 saturated heterocycles. The van der Waals surface area contributed by atoms with Crippen LogP contribution in [-0.2, 0) is 0 Å². The molecular formula is C15H11FN2O2S. The van der Waals surface area contributed by atoms with Crippen LogP contribution >= 0.6 is 11.3 Å². The lowest BCUT2D eigenvalue weighted by Gasteiger charge is -1.99. The highest BCUT2D eigenvalue weighted by Gasteiger charge is 2.15. The fraction of sp³-hybridized carbons (Fsp3) is 0.0667. The molecule has 1 amide bonds. The van der Waals surface area contributed by atoms with Gasteiger partial charge >= 0.3 is 0 Å². The number of halogens is 1. The molecule has 1 N–H and O–H groups in total. The van der Waals surface area contributed by atoms with E-state index >= 15 is 0 Å². The Hall–Kier alpha value is -2.47. The van der Waals surface area contributed by atoms with Crippen molar-refractivity contribution in [3.63, 3.8) is 0 Å². The van der Waals surface area contributed by atoms with Gasteiger partial charge in [0, 0.05) is 11.1 Å². The van der Waals surface area contributed by atoms with E-state index < -0.39 is 11.7 Å². The largest absolute Gasteiger partial charge is 0.451 e. The van der Waals surface area contributed by atoms with Gasteiger partial charge in [-0.3, -0.25) is 10.1 Å². The molecule has 106 valence electrons. The summed E-state index contributed by atoms with van der Waals surface area (Å²) in [5, 5.41) is 3.14. The van der Waals surface area contributed by atoms with Gasteiger partial charge in [-0.25, -0.2) is 9.37 Å². The van der Waals surface area contributed by atoms with Gasteiger partial charge in [-0.05, 0) is 31.2 Å². The SMILES string of the molecule is Cc1cnc(NC(=O)c2ccc(-c3ccccc3F)o2)s1. The van der Waals surface area contributed by atoms with Crippen LogP contribution in [0.15, 0.2) is 47.0 Å². The maximum Gasteiger partial charge on any atom is 0.293 e. The third-order valence-corrected chi connectivity index (χ3v) is 3.64. The van der Waals surface area contributed by atoms with Crippen LogP contribution in [0.1, 0.15) is 15.4 Å². The molecule has 0 saturated carbocycles. The van der Waals surface area contributed by atoms with Gasteiger partial charge in [-0.2, -0.15) is 0 Å². The number of nitrogens with one attached hydrogen (secondary N) is 1. The minimum Gasteiger partial charge on any atom is -0.451 e. The molecule has 3 aromatic rings. The van der Waals surface area contributed by atoms with Crippen LogP contribution in [0.4, 0.5) is 9.52 Å². The van der Waals surface area contributed by atoms with Gasteiger partial charge in [0.15, 0.2) is 10.9 Å². The molecule has 0 unspecified atom stereocenters. The monoisotopic (exact) mass is 302 g/mol. The zero-order chi connectivity index (χ0) is 14.8. The summed E-state index contributed by atoms with van der Waals surface area (Å²) in [7, 11) is 0. The Morgan fingerprint density at radius 2 is 2.10 bits per heavy atom. The lowest BCUT2D eigenvalue weighted by molar-refractivity contribution is 0.0997. The first kappa shape index (κ1) is 13.5. The van der Waals surface area contributed by atoms with E-state index in [2.05, 4.69) is 10.3 Å². The first-order valence-corrected chi connectivity index (χ1v) is 7.03. The molecule has 0 aliphatic rings. The van der Waals surface area contributed by atoms with Gasteiger partial charge in [-0.1, -0.05) is 12.1 Å². The maximum absolute atomic E-state index is 13.7. The molecule has 2 aromatic heterocycles. The van der Waals surface area contributed by atoms with Crippen molar-refractivity contribution in [1.82, 2.24) is 4.98 Å². The van der Waals surface area contributed by atoms with E-state index in [4.69, 9.17) is 4.42 Å². The van der Waals surface area contributed by atoms with Crippen LogP contribution in [0.25, 0.3) is 11.3 Å². The summed E-state index contributed by atoms with van der Waals surface area (Å²) >= 11 is 1.37. The molecule has 3 rings (SSSR count). The Morgan fingerprint density at radius 3 is 2.81 bits per heavy atom. The van der Waals surface area contributed by atoms with Gasteiger partial charge in [0.05, 0.1) is 5.56 Å². The average Bonchev–Trinajstić information content (AvgIpc) is 3.09. The van der Waals surface area contributed by atoms with Crippen molar-refractivity contribution in [3.05, 3.63) is 59.0 Å². The van der Waals surface area contributed by atoms with Gasteiger partial charge in [-0.15, -0.1) is 11.3 Å². The van der Waals surface area contributed by atoms with Crippen molar-refractivity contribution in [2.24, 2.45) is 0 Å². The average molecular weight is 302 g/mol. The fourth-order valence-corrected chi connectivity index (χ4v) is 2.50. The lowest BCUT2D eigenvalue weighted by atomic mass is 10.1. The third-order valence-electron chi connectivity index (χ3n) is 2.81. The number of anilines is 1. The summed E-state index contributed by atoms with van der Waals surface area (Å²) in [6, 6.07) is 9.33. The fourth-order valence-electron chi connectivity index (χ4n) is 1.84. The Morgan fingerprint density at radius 1 is 1.29 bits per heavy atom. The Kier molecular flexibility index (Phi) is 3.53. The number of aryl methyl sites for hydroxylation is 1. The molecule has 0 aliphatic heterocycles. The number of thiazole rings is 1. The molecule has 6 heteroatoms. The number of aromatic nitrogens is 1. The van der Waals surface area contributed by atoms with Gasteiger partial charge in [0.2, 0.25) is 0 Å². The van der Waals surface area contributed by atoms with Crippen molar-refractivity contribution < 1.29 is 13.6 Å². The molecule has 0 fully saturated rings. The molecule has 0 radical (unpaired) electrons. The summed E-state index contributed by atoms with van der Waals surface area (Å²) in [6.07, 6.45) is 1.67. The maximum atomic E-state index is 13.7. The second kappa shape index (κ2) is 5.49. The molecule has 1 aromatic carbocycles. The van der Waals surface area contributed by atoms with E-state index in [9.17, 15) is 9.18 Å². The minimum atomic E-state index is -0.410. The summed E-state index contributed by atoms with van der Waals surface area (Å²) in [5.41, 5.74) is 0.321. The molecule has 2 heterocycles. The summed E-state index contributed by atoms with van der Waals surface area (Å²) < 4.78 is 19.1. The highest BCUT2D eigenvalue weighted by Crippen LogP contribution is 2.25. The normalized spacial score (nSPS) is 10.6. The molecule has 0 atom stereocenters. The van der Waals surface area contributed by atoms with Gasteiger partial charge < -0.3 is 4.42 Å². The number of benzene rings is 1. The van der Waals surface area contributed by atoms with Crippen molar-refractivity contribution in [3.8, 4) is 11.3 Å². The van der Waals surface area contributed by atoms with E-state index in [-0.39, 0.29) is 5.76 Å². The Bertz CT molecular complexity index is 794. The number of carbonyl (C=O) groups excluding carboxylic acids is 1. The topological polar surface area (TPSA) is 55.1 Å². The second-order valence-electron chi connectivity index (χ2n) is 4.37. The molecule has 0 spiro atoms. The van der Waals surface area contributed by atoms with Crippen LogP contribution in [0.3, 0.4) is 0 Å². The van der Waals surface area contributed by atoms with Crippen LogP contribution in [0.2, 0.25) is 0 Å². The first-order chi connectivity index (χ1) is 10.1. The smallest absolute Gasteiger partial charge is 0.293 e. The molecular weight excluding hydrogens is 291 g/mol. The van der Waals surface area contributed by atoms with Crippen molar-refractivity contribution in [1.29, 1.82) is 0 Å². The third kappa shape index (κ3) is 2.85. The number of furan rings is 1. The van der Waals surface area contributed by atoms with Crippen molar-refractivity contribution in [2.45, 2.75) is 6.92 Å². The highest BCUT2D eigenvalue weighted by atomic mass is 32.1. The predicted molar refractivity (Wildman–Crippen MR) is 78.9 cm³/mol. The minimum absolute atomic E-state index is 0.112. The van der Waals surface area contributed by atoms with E-state index in [1.807, 2.05) is 6.92 Å². The molecule has 0 aliphatic carbocycles. The summed E-state index contributed by atoms with van der Waals surface area (Å²) in [5.74, 6) is -0.379. The van der Waals surface area contributed by atoms with Crippen molar-refractivity contribution in [2.75, 3.05) is 5.32 Å². The quantitative estimate of drug-likeness (QED) is 0.792. The van der Waals surface area contributed by atoms with Crippen molar-refractivity contribution >= 4 is 22.4 Å². The Balaban J connectivity index is 1.82. The lowest BCUT2D eigenvalue weighted by Crippen LogP contribution is -2.10. The van der Waals surface area contributed by atoms with Crippen LogP contribution in [-0.4, -0.2) is 10.9 Å². The second-order valence-corrected chi connectivity index (χ2v) is 5.61. The number of amides is 1. The summed E-state index contributed by atoms with van der Waals surface area (Å²) in [6.45, 7) is 1.90. The van der Waals surface area contributed by atoms with E-state index in [0.717, 1.165) is 4.88 Å². The number of hydrogen-bond acceptors (Lipinski definition) is 4. The standard InChI is InChI=1S/C15H11FN2O2S/c1-9-8-17-15(21-9)18-14(19)13-7-6-12(20-13)10-4-2-3-5-11(10)16/h2-8H,1H3,(H,17,18,19). The van der Waals surface area contributed by atoms with Gasteiger partial charge in [0.1, 0.15) is 11.6 Å². The Labute approximate surface area is 124 Å². The van der Waals surface area contributed by atoms with Crippen LogP contribution in [0, 0.1) is 12.7 Å². The zero-order valence-electron chi connectivity index (χ0n) is 11.1. The predicted octanol–water partition coefficient (Wildman–Crippen LogP) is 4.10. The van der Waals surface area contributed by atoms with E-state index in [1.165, 1.54) is 23.5 Å². The van der Waals surface area contributed by atoms with E-state index in [0.29, 0.717) is 16.5 Å². The number of hydrogen-bond donors (Lipinski definition) is 1. The highest BCUT2D eigenvalue weighted by molar-refractivity contribution is 7.15. The first-order valence-electron chi connectivity index (χ1n) is 6.22. The number of nitrogens with zero attached hydrogens (tertiary/aromatic N) is 1. The van der Waals surface area contributed by atoms with E-state index in [1.54, 1.807) is 30.5 Å². The molecule has 0 bridgehead atoms. The van der Waals surface area contributed by atoms with Crippen LogP contribution < -0.4 is 5.32 Å². The zero-order valence-corrected chi connectivity index (χ0v) is 11.9. The number of rotatable bonds is 3. The van der Waals surface area contributed by atoms with Crippen LogP contribution in [0.5, 0.6) is 0 Å². The molecule has 21 heavy (non-hydrogen) atoms. The van der Waals surface area contributed by atoms with Gasteiger partial charge in [0.25, 0.3) is 5.91 Å². The molecule has 4 nitrogen and oxygen atoms in total. The summed E-state index contributed by atoms with van der Waals surface area (Å²) in [4.78, 5) is 17.1.